The van der Waals surface area contributed by atoms with E-state index < -0.39 is 0 Å². The number of nitrogens with one attached hydrogen (secondary N) is 1. The van der Waals surface area contributed by atoms with Crippen LogP contribution in [-0.2, 0) is 0 Å². The van der Waals surface area contributed by atoms with Gasteiger partial charge in [0.2, 0.25) is 0 Å². The van der Waals surface area contributed by atoms with E-state index in [2.05, 4.69) is 26.3 Å². The molecule has 3 aromatic heterocycles. The molecule has 0 spiro atoms. The predicted molar refractivity (Wildman–Crippen MR) is 109 cm³/mol. The Hall–Kier alpha value is -3.13. The molecular formula is C20H17BrN4O3. The van der Waals surface area contributed by atoms with Crippen molar-refractivity contribution in [2.45, 2.75) is 13.8 Å². The highest BCUT2D eigenvalue weighted by Gasteiger charge is 2.17. The number of carbonyl (C=O) groups is 1. The van der Waals surface area contributed by atoms with E-state index in [4.69, 9.17) is 14.1 Å². The summed E-state index contributed by atoms with van der Waals surface area (Å²) < 4.78 is 12.9. The number of benzene rings is 1. The second-order valence-corrected chi connectivity index (χ2v) is 7.08. The third-order valence-electron chi connectivity index (χ3n) is 4.30. The van der Waals surface area contributed by atoms with Crippen molar-refractivity contribution in [2.24, 2.45) is 0 Å². The molecule has 0 saturated carbocycles. The van der Waals surface area contributed by atoms with Crippen LogP contribution in [0.2, 0.25) is 0 Å². The number of fused-ring (bicyclic) bond motifs is 1. The van der Waals surface area contributed by atoms with Crippen molar-refractivity contribution in [3.63, 3.8) is 0 Å². The molecule has 142 valence electrons. The summed E-state index contributed by atoms with van der Waals surface area (Å²) in [7, 11) is 1.61. The molecule has 1 N–H and O–H groups in total. The SMILES string of the molecule is COc1cccc2c(C)cc(-n3nc(C)cc3NC(=O)c3ccc(Br)o3)nc12. The van der Waals surface area contributed by atoms with Gasteiger partial charge in [0.25, 0.3) is 5.91 Å². The zero-order valence-electron chi connectivity index (χ0n) is 15.5. The second kappa shape index (κ2) is 7.12. The minimum Gasteiger partial charge on any atom is -0.494 e. The number of halogens is 1. The number of methoxy groups -OCH3 is 1. The maximum atomic E-state index is 12.5. The molecule has 1 amide bonds. The summed E-state index contributed by atoms with van der Waals surface area (Å²) in [5.41, 5.74) is 2.51. The number of rotatable bonds is 4. The highest BCUT2D eigenvalue weighted by molar-refractivity contribution is 9.10. The first-order valence-electron chi connectivity index (χ1n) is 8.54. The number of para-hydroxylation sites is 1. The average molecular weight is 441 g/mol. The van der Waals surface area contributed by atoms with Gasteiger partial charge in [-0.25, -0.2) is 4.98 Å². The summed E-state index contributed by atoms with van der Waals surface area (Å²) >= 11 is 3.20. The van der Waals surface area contributed by atoms with Gasteiger partial charge in [-0.1, -0.05) is 12.1 Å². The van der Waals surface area contributed by atoms with Gasteiger partial charge in [0.1, 0.15) is 17.1 Å². The van der Waals surface area contributed by atoms with Crippen molar-refractivity contribution in [1.29, 1.82) is 0 Å². The molecular weight excluding hydrogens is 424 g/mol. The number of carbonyl (C=O) groups excluding carboxylic acids is 1. The number of nitrogens with zero attached hydrogens (tertiary/aromatic N) is 3. The van der Waals surface area contributed by atoms with E-state index in [1.807, 2.05) is 38.1 Å². The molecule has 3 heterocycles. The molecule has 0 aliphatic heterocycles. The van der Waals surface area contributed by atoms with Gasteiger partial charge < -0.3 is 14.5 Å². The van der Waals surface area contributed by atoms with Crippen molar-refractivity contribution in [3.8, 4) is 11.6 Å². The van der Waals surface area contributed by atoms with Crippen LogP contribution in [-0.4, -0.2) is 27.8 Å². The summed E-state index contributed by atoms with van der Waals surface area (Å²) in [4.78, 5) is 17.2. The first kappa shape index (κ1) is 18.2. The zero-order chi connectivity index (χ0) is 19.8. The topological polar surface area (TPSA) is 82.2 Å². The van der Waals surface area contributed by atoms with Crippen LogP contribution in [0.1, 0.15) is 21.8 Å². The predicted octanol–water partition coefficient (Wildman–Crippen LogP) is 4.65. The van der Waals surface area contributed by atoms with Crippen LogP contribution in [0, 0.1) is 13.8 Å². The summed E-state index contributed by atoms with van der Waals surface area (Å²) in [5, 5.41) is 8.32. The second-order valence-electron chi connectivity index (χ2n) is 6.29. The van der Waals surface area contributed by atoms with Gasteiger partial charge >= 0.3 is 0 Å². The van der Waals surface area contributed by atoms with Gasteiger partial charge in [-0.3, -0.25) is 4.79 Å². The average Bonchev–Trinajstić information content (AvgIpc) is 3.26. The first-order valence-corrected chi connectivity index (χ1v) is 9.33. The molecule has 0 aliphatic carbocycles. The van der Waals surface area contributed by atoms with E-state index >= 15 is 0 Å². The van der Waals surface area contributed by atoms with Gasteiger partial charge in [-0.2, -0.15) is 9.78 Å². The van der Waals surface area contributed by atoms with Crippen LogP contribution in [0.3, 0.4) is 0 Å². The van der Waals surface area contributed by atoms with Crippen LogP contribution in [0.25, 0.3) is 16.7 Å². The van der Waals surface area contributed by atoms with Crippen LogP contribution in [0.15, 0.2) is 51.6 Å². The monoisotopic (exact) mass is 440 g/mol. The van der Waals surface area contributed by atoms with Crippen LogP contribution < -0.4 is 10.1 Å². The number of aromatic nitrogens is 3. The van der Waals surface area contributed by atoms with Crippen molar-refractivity contribution < 1.29 is 13.9 Å². The maximum absolute atomic E-state index is 12.5. The molecule has 0 radical (unpaired) electrons. The minimum absolute atomic E-state index is 0.196. The highest BCUT2D eigenvalue weighted by atomic mass is 79.9. The number of ether oxygens (including phenoxy) is 1. The van der Waals surface area contributed by atoms with Gasteiger partial charge in [0, 0.05) is 11.5 Å². The minimum atomic E-state index is -0.373. The molecule has 0 fully saturated rings. The number of anilines is 1. The zero-order valence-corrected chi connectivity index (χ0v) is 17.1. The van der Waals surface area contributed by atoms with Crippen molar-refractivity contribution in [3.05, 3.63) is 64.2 Å². The number of hydrogen-bond acceptors (Lipinski definition) is 5. The van der Waals surface area contributed by atoms with Gasteiger partial charge in [-0.05, 0) is 59.6 Å². The Morgan fingerprint density at radius 2 is 2.04 bits per heavy atom. The lowest BCUT2D eigenvalue weighted by Crippen LogP contribution is -2.15. The van der Waals surface area contributed by atoms with E-state index in [1.54, 1.807) is 30.0 Å². The number of furan rings is 1. The number of pyridine rings is 1. The summed E-state index contributed by atoms with van der Waals surface area (Å²) in [6.07, 6.45) is 0. The van der Waals surface area contributed by atoms with E-state index in [9.17, 15) is 4.79 Å². The summed E-state index contributed by atoms with van der Waals surface area (Å²) in [5.74, 6) is 1.58. The standard InChI is InChI=1S/C20H17BrN4O3/c1-11-9-17(22-19-13(11)5-4-6-14(19)27-3)25-18(10-12(2)24-25)23-20(26)15-7-8-16(21)28-15/h4-10H,1-3H3,(H,23,26). The number of hydrogen-bond donors (Lipinski definition) is 1. The molecule has 4 rings (SSSR count). The molecule has 1 aromatic carbocycles. The fourth-order valence-corrected chi connectivity index (χ4v) is 3.33. The largest absolute Gasteiger partial charge is 0.494 e. The normalized spacial score (nSPS) is 11.0. The lowest BCUT2D eigenvalue weighted by atomic mass is 10.1. The quantitative estimate of drug-likeness (QED) is 0.499. The van der Waals surface area contributed by atoms with Crippen LogP contribution in [0.4, 0.5) is 5.82 Å². The van der Waals surface area contributed by atoms with E-state index in [0.29, 0.717) is 22.1 Å². The molecule has 0 unspecified atom stereocenters. The lowest BCUT2D eigenvalue weighted by Gasteiger charge is -2.12. The molecule has 0 saturated heterocycles. The Morgan fingerprint density at radius 1 is 1.21 bits per heavy atom. The fourth-order valence-electron chi connectivity index (χ4n) is 3.02. The molecule has 0 atom stereocenters. The van der Waals surface area contributed by atoms with Crippen LogP contribution in [0.5, 0.6) is 5.75 Å². The third-order valence-corrected chi connectivity index (χ3v) is 4.73. The highest BCUT2D eigenvalue weighted by Crippen LogP contribution is 2.28. The number of aryl methyl sites for hydroxylation is 2. The fraction of sp³-hybridized carbons (Fsp3) is 0.150. The van der Waals surface area contributed by atoms with Gasteiger partial charge in [-0.15, -0.1) is 0 Å². The van der Waals surface area contributed by atoms with E-state index in [1.165, 1.54) is 0 Å². The molecule has 7 nitrogen and oxygen atoms in total. The summed E-state index contributed by atoms with van der Waals surface area (Å²) in [6, 6.07) is 12.8. The lowest BCUT2D eigenvalue weighted by molar-refractivity contribution is 0.0994. The molecule has 8 heteroatoms. The maximum Gasteiger partial charge on any atom is 0.292 e. The smallest absolute Gasteiger partial charge is 0.292 e. The van der Waals surface area contributed by atoms with Crippen molar-refractivity contribution in [2.75, 3.05) is 12.4 Å². The van der Waals surface area contributed by atoms with Crippen LogP contribution >= 0.6 is 15.9 Å². The van der Waals surface area contributed by atoms with Crippen molar-refractivity contribution in [1.82, 2.24) is 14.8 Å². The Kier molecular flexibility index (Phi) is 4.64. The van der Waals surface area contributed by atoms with Gasteiger partial charge in [0.05, 0.1) is 12.8 Å². The molecule has 0 bridgehead atoms. The Balaban J connectivity index is 1.79. The first-order chi connectivity index (χ1) is 13.5. The molecule has 4 aromatic rings. The Labute approximate surface area is 169 Å². The Morgan fingerprint density at radius 3 is 2.75 bits per heavy atom. The number of amides is 1. The van der Waals surface area contributed by atoms with Gasteiger partial charge in [0.15, 0.2) is 16.2 Å². The molecule has 0 aliphatic rings. The Bertz CT molecular complexity index is 1200. The summed E-state index contributed by atoms with van der Waals surface area (Å²) in [6.45, 7) is 3.85. The molecule has 28 heavy (non-hydrogen) atoms. The van der Waals surface area contributed by atoms with Crippen molar-refractivity contribution >= 4 is 38.6 Å². The third kappa shape index (κ3) is 3.27. The van der Waals surface area contributed by atoms with E-state index in [0.717, 1.165) is 22.2 Å². The van der Waals surface area contributed by atoms with E-state index in [-0.39, 0.29) is 11.7 Å².